The van der Waals surface area contributed by atoms with Gasteiger partial charge in [0.2, 0.25) is 0 Å². The molecule has 0 aromatic carbocycles. The summed E-state index contributed by atoms with van der Waals surface area (Å²) in [4.78, 5) is 28.9. The van der Waals surface area contributed by atoms with Gasteiger partial charge in [-0.15, -0.1) is 22.7 Å². The van der Waals surface area contributed by atoms with E-state index in [1.54, 1.807) is 57.9 Å². The number of aromatic nitrogens is 7. The highest BCUT2D eigenvalue weighted by Crippen LogP contribution is 2.41. The highest BCUT2D eigenvalue weighted by Gasteiger charge is 2.55. The summed E-state index contributed by atoms with van der Waals surface area (Å²) in [5.74, 6) is -0.440. The van der Waals surface area contributed by atoms with Crippen LogP contribution in [0.2, 0.25) is 0 Å². The monoisotopic (exact) mass is 661 g/mol. The average molecular weight is 662 g/mol. The van der Waals surface area contributed by atoms with Crippen LogP contribution in [0, 0.1) is 0 Å². The Hall–Kier alpha value is -4.76. The predicted molar refractivity (Wildman–Crippen MR) is 181 cm³/mol. The van der Waals surface area contributed by atoms with Gasteiger partial charge in [-0.2, -0.15) is 10.2 Å². The molecule has 0 radical (unpaired) electrons. The third kappa shape index (κ3) is 5.04. The molecule has 1 aliphatic rings. The number of methoxy groups -OCH3 is 1. The molecular formula is C33H28BN7O4S2. The number of thiophene rings is 2. The summed E-state index contributed by atoms with van der Waals surface area (Å²) in [5, 5.41) is 13.4. The van der Waals surface area contributed by atoms with E-state index in [1.807, 2.05) is 59.6 Å². The molecule has 7 aromatic rings. The van der Waals surface area contributed by atoms with Crippen LogP contribution >= 0.6 is 22.7 Å². The van der Waals surface area contributed by atoms with Crippen LogP contribution in [0.15, 0.2) is 84.1 Å². The Kier molecular flexibility index (Phi) is 7.06. The van der Waals surface area contributed by atoms with E-state index in [0.29, 0.717) is 34.5 Å². The molecule has 1 atom stereocenters. The van der Waals surface area contributed by atoms with Gasteiger partial charge < -0.3 is 14.0 Å². The van der Waals surface area contributed by atoms with E-state index < -0.39 is 24.3 Å². The van der Waals surface area contributed by atoms with Crippen LogP contribution in [0.5, 0.6) is 0 Å². The number of esters is 1. The second kappa shape index (κ2) is 11.2. The van der Waals surface area contributed by atoms with Gasteiger partial charge in [-0.3, -0.25) is 4.98 Å². The quantitative estimate of drug-likeness (QED) is 0.159. The maximum atomic E-state index is 12.3. The van der Waals surface area contributed by atoms with Gasteiger partial charge >= 0.3 is 13.1 Å². The number of carbonyl (C=O) groups is 1. The summed E-state index contributed by atoms with van der Waals surface area (Å²) in [7, 11) is 0.667. The van der Waals surface area contributed by atoms with Gasteiger partial charge in [0.1, 0.15) is 0 Å². The molecule has 47 heavy (non-hydrogen) atoms. The first-order chi connectivity index (χ1) is 22.7. The molecule has 8 heterocycles. The SMILES string of the molecule is COC(=O)c1ccnc(-c2cnn3c(CC4(C)OB(c5cnn6ccc(-c7cccs7)nc56)OC4(C)C)cc(-c4cccs4)nc23)c1. The molecule has 7 aromatic heterocycles. The number of fused-ring (bicyclic) bond motifs is 2. The van der Waals surface area contributed by atoms with Crippen LogP contribution in [0.1, 0.15) is 36.8 Å². The first-order valence-corrected chi connectivity index (χ1v) is 16.7. The van der Waals surface area contributed by atoms with Crippen molar-refractivity contribution >= 4 is 52.5 Å². The molecule has 0 spiro atoms. The Morgan fingerprint density at radius 3 is 2.43 bits per heavy atom. The molecule has 234 valence electrons. The molecule has 1 fully saturated rings. The molecule has 0 amide bonds. The summed E-state index contributed by atoms with van der Waals surface area (Å²) in [6.07, 6.45) is 7.44. The molecule has 1 unspecified atom stereocenters. The van der Waals surface area contributed by atoms with Crippen LogP contribution in [0.4, 0.5) is 0 Å². The van der Waals surface area contributed by atoms with Crippen LogP contribution in [0.3, 0.4) is 0 Å². The van der Waals surface area contributed by atoms with Crippen molar-refractivity contribution in [2.45, 2.75) is 38.4 Å². The van der Waals surface area contributed by atoms with Gasteiger partial charge in [0.25, 0.3) is 0 Å². The minimum Gasteiger partial charge on any atom is -0.465 e. The summed E-state index contributed by atoms with van der Waals surface area (Å²) >= 11 is 3.25. The van der Waals surface area contributed by atoms with Gasteiger partial charge in [0.05, 0.1) is 68.7 Å². The number of rotatable bonds is 7. The fourth-order valence-electron chi connectivity index (χ4n) is 5.84. The van der Waals surface area contributed by atoms with Crippen LogP contribution < -0.4 is 5.46 Å². The number of pyridine rings is 1. The lowest BCUT2D eigenvalue weighted by Crippen LogP contribution is -2.47. The second-order valence-corrected chi connectivity index (χ2v) is 13.9. The molecule has 8 rings (SSSR count). The molecule has 0 bridgehead atoms. The van der Waals surface area contributed by atoms with Crippen molar-refractivity contribution in [3.63, 3.8) is 0 Å². The summed E-state index contributed by atoms with van der Waals surface area (Å²) in [5.41, 5.74) is 4.79. The molecule has 1 aliphatic heterocycles. The van der Waals surface area contributed by atoms with Gasteiger partial charge in [-0.25, -0.2) is 23.8 Å². The Bertz CT molecular complexity index is 2270. The van der Waals surface area contributed by atoms with Crippen molar-refractivity contribution in [3.8, 4) is 32.4 Å². The summed E-state index contributed by atoms with van der Waals surface area (Å²) in [6.45, 7) is 6.14. The maximum Gasteiger partial charge on any atom is 0.500 e. The van der Waals surface area contributed by atoms with Gasteiger partial charge in [-0.05, 0) is 67.9 Å². The Morgan fingerprint density at radius 2 is 1.68 bits per heavy atom. The molecule has 0 N–H and O–H groups in total. The van der Waals surface area contributed by atoms with Crippen molar-refractivity contribution in [2.75, 3.05) is 7.11 Å². The third-order valence-corrected chi connectivity index (χ3v) is 10.5. The molecule has 14 heteroatoms. The molecule has 11 nitrogen and oxygen atoms in total. The number of hydrogen-bond donors (Lipinski definition) is 0. The van der Waals surface area contributed by atoms with Crippen molar-refractivity contribution in [2.24, 2.45) is 0 Å². The third-order valence-electron chi connectivity index (χ3n) is 8.76. The molecule has 0 saturated carbocycles. The fraction of sp³-hybridized carbons (Fsp3) is 0.212. The van der Waals surface area contributed by atoms with Gasteiger partial charge in [0, 0.05) is 30.0 Å². The highest BCUT2D eigenvalue weighted by molar-refractivity contribution is 7.13. The van der Waals surface area contributed by atoms with Gasteiger partial charge in [-0.1, -0.05) is 12.1 Å². The van der Waals surface area contributed by atoms with Crippen molar-refractivity contribution < 1.29 is 18.8 Å². The van der Waals surface area contributed by atoms with Crippen LogP contribution in [-0.4, -0.2) is 65.6 Å². The molecule has 0 aliphatic carbocycles. The topological polar surface area (TPSA) is 118 Å². The molecule has 1 saturated heterocycles. The minimum absolute atomic E-state index is 0.396. The lowest BCUT2D eigenvalue weighted by atomic mass is 9.81. The summed E-state index contributed by atoms with van der Waals surface area (Å²) in [6, 6.07) is 15.4. The van der Waals surface area contributed by atoms with Crippen molar-refractivity contribution in [1.82, 2.24) is 34.2 Å². The fourth-order valence-corrected chi connectivity index (χ4v) is 7.22. The second-order valence-electron chi connectivity index (χ2n) is 12.0. The van der Waals surface area contributed by atoms with E-state index in [2.05, 4.69) is 29.1 Å². The molecular weight excluding hydrogens is 633 g/mol. The predicted octanol–water partition coefficient (Wildman–Crippen LogP) is 5.60. The van der Waals surface area contributed by atoms with E-state index in [1.165, 1.54) is 7.11 Å². The number of carbonyl (C=O) groups excluding carboxylic acids is 1. The van der Waals surface area contributed by atoms with Crippen molar-refractivity contribution in [3.05, 3.63) is 95.3 Å². The maximum absolute atomic E-state index is 12.3. The van der Waals surface area contributed by atoms with E-state index in [9.17, 15) is 4.79 Å². The smallest absolute Gasteiger partial charge is 0.465 e. The number of ether oxygens (including phenoxy) is 1. The van der Waals surface area contributed by atoms with Crippen LogP contribution in [0.25, 0.3) is 43.7 Å². The summed E-state index contributed by atoms with van der Waals surface area (Å²) < 4.78 is 22.0. The van der Waals surface area contributed by atoms with E-state index in [0.717, 1.165) is 32.3 Å². The zero-order chi connectivity index (χ0) is 32.3. The zero-order valence-corrected chi connectivity index (χ0v) is 27.6. The Labute approximate surface area is 278 Å². The van der Waals surface area contributed by atoms with Gasteiger partial charge in [0.15, 0.2) is 11.3 Å². The Balaban J connectivity index is 1.19. The zero-order valence-electron chi connectivity index (χ0n) is 25.9. The lowest BCUT2D eigenvalue weighted by Gasteiger charge is -2.36. The van der Waals surface area contributed by atoms with Crippen LogP contribution in [-0.2, 0) is 20.5 Å². The number of hydrogen-bond acceptors (Lipinski definition) is 11. The highest BCUT2D eigenvalue weighted by atomic mass is 32.1. The standard InChI is InChI=1S/C33H28BN7O4S2/c1-32(2)33(3,45-34(44-32)23-19-36-40-12-10-24(38-30(23)40)27-7-5-13-46-27)17-21-16-26(28-8-6-14-47-28)39-29-22(18-37-41(21)29)25-15-20(9-11-35-25)31(42)43-4/h5-16,18-19H,17H2,1-4H3. The average Bonchev–Trinajstić information content (AvgIpc) is 3.91. The number of nitrogens with zero attached hydrogens (tertiary/aromatic N) is 7. The normalized spacial score (nSPS) is 17.6. The van der Waals surface area contributed by atoms with E-state index >= 15 is 0 Å². The lowest BCUT2D eigenvalue weighted by molar-refractivity contribution is -0.00976. The first kappa shape index (κ1) is 29.6. The first-order valence-electron chi connectivity index (χ1n) is 14.9. The van der Waals surface area contributed by atoms with Crippen molar-refractivity contribution in [1.29, 1.82) is 0 Å². The largest absolute Gasteiger partial charge is 0.500 e. The minimum atomic E-state index is -0.784. The van der Waals surface area contributed by atoms with E-state index in [4.69, 9.17) is 29.1 Å². The Morgan fingerprint density at radius 1 is 0.915 bits per heavy atom. The van der Waals surface area contributed by atoms with E-state index in [-0.39, 0.29) is 0 Å².